The molecule has 11 rings (SSSR count). The van der Waals surface area contributed by atoms with Crippen LogP contribution < -0.4 is 10.9 Å². The summed E-state index contributed by atoms with van der Waals surface area (Å²) in [6.07, 6.45) is 0. The summed E-state index contributed by atoms with van der Waals surface area (Å²) in [6, 6.07) is 66.4. The van der Waals surface area contributed by atoms with Crippen molar-refractivity contribution in [1.82, 2.24) is 9.13 Å². The van der Waals surface area contributed by atoms with Crippen LogP contribution in [0.2, 0.25) is 0 Å². The Bertz CT molecular complexity index is 2970. The van der Waals surface area contributed by atoms with Crippen LogP contribution in [0.1, 0.15) is 0 Å². The van der Waals surface area contributed by atoms with Crippen molar-refractivity contribution in [3.8, 4) is 44.8 Å². The van der Waals surface area contributed by atoms with Gasteiger partial charge in [0.2, 0.25) is 0 Å². The SMILES string of the molecule is [B]1c2ccccc2-c2c(-c3ccc4c(c3)c3ccccc3n4-c3ccc(-c4ccccc4)cc3)cc3c4ccccc4n(-c4ccccc4)c3c21. The minimum Gasteiger partial charge on any atom is -0.310 e. The first-order chi connectivity index (χ1) is 25.3. The molecule has 0 amide bonds. The van der Waals surface area contributed by atoms with Crippen molar-refractivity contribution in [3.63, 3.8) is 0 Å². The maximum absolute atomic E-state index is 2.45. The van der Waals surface area contributed by atoms with Crippen molar-refractivity contribution in [1.29, 1.82) is 0 Å². The van der Waals surface area contributed by atoms with Crippen LogP contribution >= 0.6 is 0 Å². The summed E-state index contributed by atoms with van der Waals surface area (Å²) < 4.78 is 4.86. The lowest BCUT2D eigenvalue weighted by Gasteiger charge is -2.16. The smallest absolute Gasteiger partial charge is 0.195 e. The summed E-state index contributed by atoms with van der Waals surface area (Å²) in [4.78, 5) is 0. The molecular weight excluding hydrogens is 615 g/mol. The van der Waals surface area contributed by atoms with E-state index in [4.69, 9.17) is 0 Å². The zero-order valence-electron chi connectivity index (χ0n) is 27.8. The highest BCUT2D eigenvalue weighted by atomic mass is 15.0. The van der Waals surface area contributed by atoms with E-state index in [2.05, 4.69) is 198 Å². The van der Waals surface area contributed by atoms with Gasteiger partial charge in [-0.15, -0.1) is 0 Å². The molecule has 0 atom stereocenters. The van der Waals surface area contributed by atoms with Gasteiger partial charge >= 0.3 is 0 Å². The minimum absolute atomic E-state index is 1.16. The monoisotopic (exact) mass is 645 g/mol. The number of hydrogen-bond acceptors (Lipinski definition) is 0. The number of benzene rings is 8. The van der Waals surface area contributed by atoms with Gasteiger partial charge in [0.1, 0.15) is 0 Å². The maximum Gasteiger partial charge on any atom is 0.195 e. The second-order valence-electron chi connectivity index (χ2n) is 13.5. The first-order valence-corrected chi connectivity index (χ1v) is 17.6. The fourth-order valence-electron chi connectivity index (χ4n) is 8.52. The summed E-state index contributed by atoms with van der Waals surface area (Å²) in [5.74, 6) is 0. The molecule has 0 aliphatic carbocycles. The lowest BCUT2D eigenvalue weighted by Crippen LogP contribution is -2.23. The lowest BCUT2D eigenvalue weighted by atomic mass is 9.67. The van der Waals surface area contributed by atoms with Gasteiger partial charge in [-0.05, 0) is 93.4 Å². The molecule has 1 aliphatic rings. The fourth-order valence-corrected chi connectivity index (χ4v) is 8.52. The van der Waals surface area contributed by atoms with Crippen molar-refractivity contribution in [3.05, 3.63) is 182 Å². The van der Waals surface area contributed by atoms with E-state index in [0.717, 1.165) is 5.69 Å². The van der Waals surface area contributed by atoms with Crippen LogP contribution in [0.25, 0.3) is 88.4 Å². The van der Waals surface area contributed by atoms with Gasteiger partial charge in [0.25, 0.3) is 0 Å². The van der Waals surface area contributed by atoms with Gasteiger partial charge in [-0.2, -0.15) is 0 Å². The van der Waals surface area contributed by atoms with Crippen LogP contribution in [0, 0.1) is 0 Å². The quantitative estimate of drug-likeness (QED) is 0.169. The van der Waals surface area contributed by atoms with Crippen molar-refractivity contribution in [2.75, 3.05) is 0 Å². The number of aromatic nitrogens is 2. The van der Waals surface area contributed by atoms with E-state index in [1.165, 1.54) is 93.6 Å². The summed E-state index contributed by atoms with van der Waals surface area (Å²) in [5.41, 5.74) is 17.3. The second kappa shape index (κ2) is 11.0. The molecule has 10 aromatic rings. The highest BCUT2D eigenvalue weighted by molar-refractivity contribution is 6.76. The predicted octanol–water partition coefficient (Wildman–Crippen LogP) is 10.9. The first-order valence-electron chi connectivity index (χ1n) is 17.6. The van der Waals surface area contributed by atoms with Crippen LogP contribution in [0.15, 0.2) is 182 Å². The largest absolute Gasteiger partial charge is 0.310 e. The molecule has 0 saturated heterocycles. The average molecular weight is 646 g/mol. The Hall–Kier alpha value is -6.58. The van der Waals surface area contributed by atoms with Crippen LogP contribution in [0.3, 0.4) is 0 Å². The van der Waals surface area contributed by atoms with Crippen LogP contribution in [-0.4, -0.2) is 16.4 Å². The molecule has 3 heteroatoms. The molecule has 0 spiro atoms. The summed E-state index contributed by atoms with van der Waals surface area (Å²) in [6.45, 7) is 0. The van der Waals surface area contributed by atoms with Gasteiger partial charge in [0.05, 0.1) is 16.6 Å². The molecule has 2 aromatic heterocycles. The highest BCUT2D eigenvalue weighted by Gasteiger charge is 2.29. The topological polar surface area (TPSA) is 9.86 Å². The van der Waals surface area contributed by atoms with E-state index >= 15 is 0 Å². The molecule has 8 aromatic carbocycles. The Balaban J connectivity index is 1.17. The molecule has 0 bridgehead atoms. The maximum atomic E-state index is 2.45. The number of nitrogens with zero attached hydrogens (tertiary/aromatic N) is 2. The number of hydrogen-bond donors (Lipinski definition) is 0. The van der Waals surface area contributed by atoms with Gasteiger partial charge in [0.15, 0.2) is 7.28 Å². The average Bonchev–Trinajstić information content (AvgIpc) is 3.86. The third-order valence-electron chi connectivity index (χ3n) is 10.8. The number of rotatable bonds is 4. The Morgan fingerprint density at radius 1 is 0.353 bits per heavy atom. The minimum atomic E-state index is 1.16. The Kier molecular flexibility index (Phi) is 6.08. The van der Waals surface area contributed by atoms with Crippen molar-refractivity contribution < 1.29 is 0 Å². The van der Waals surface area contributed by atoms with E-state index < -0.39 is 0 Å². The van der Waals surface area contributed by atoms with Crippen LogP contribution in [-0.2, 0) is 0 Å². The van der Waals surface area contributed by atoms with Gasteiger partial charge < -0.3 is 9.13 Å². The number of fused-ring (bicyclic) bond motifs is 10. The highest BCUT2D eigenvalue weighted by Crippen LogP contribution is 2.42. The third-order valence-corrected chi connectivity index (χ3v) is 10.8. The van der Waals surface area contributed by atoms with E-state index in [1.807, 2.05) is 0 Å². The summed E-state index contributed by atoms with van der Waals surface area (Å²) >= 11 is 0. The Labute approximate surface area is 296 Å². The van der Waals surface area contributed by atoms with Crippen molar-refractivity contribution in [2.45, 2.75) is 0 Å². The summed E-state index contributed by atoms with van der Waals surface area (Å²) in [7, 11) is 2.40. The number of para-hydroxylation sites is 3. The van der Waals surface area contributed by atoms with Crippen molar-refractivity contribution in [2.24, 2.45) is 0 Å². The standard InChI is InChI=1S/C48H30BN2/c1-3-13-31(14-4-1)32-23-26-35(27-24-32)50-43-21-11-8-17-36(43)40-29-33(25-28-45(40)50)39-30-41-37-18-9-12-22-44(37)51(34-15-5-2-6-16-34)48(41)47-46(39)38-19-7-10-20-42(38)49-47/h1-30H. The van der Waals surface area contributed by atoms with E-state index in [1.54, 1.807) is 0 Å². The summed E-state index contributed by atoms with van der Waals surface area (Å²) in [5, 5.41) is 5.05. The second-order valence-corrected chi connectivity index (χ2v) is 13.5. The molecule has 0 N–H and O–H groups in total. The molecule has 51 heavy (non-hydrogen) atoms. The van der Waals surface area contributed by atoms with E-state index in [9.17, 15) is 0 Å². The van der Waals surface area contributed by atoms with Crippen molar-refractivity contribution >= 4 is 61.8 Å². The molecule has 3 heterocycles. The third kappa shape index (κ3) is 4.19. The predicted molar refractivity (Wildman–Crippen MR) is 216 cm³/mol. The van der Waals surface area contributed by atoms with Gasteiger partial charge in [-0.25, -0.2) is 0 Å². The Morgan fingerprint density at radius 3 is 1.71 bits per heavy atom. The Morgan fingerprint density at radius 2 is 0.922 bits per heavy atom. The molecule has 0 unspecified atom stereocenters. The lowest BCUT2D eigenvalue weighted by molar-refractivity contribution is 1.18. The van der Waals surface area contributed by atoms with E-state index in [-0.39, 0.29) is 0 Å². The molecule has 0 saturated carbocycles. The van der Waals surface area contributed by atoms with Crippen LogP contribution in [0.4, 0.5) is 0 Å². The molecule has 1 aliphatic heterocycles. The van der Waals surface area contributed by atoms with Gasteiger partial charge in [0, 0.05) is 38.4 Å². The van der Waals surface area contributed by atoms with Gasteiger partial charge in [-0.3, -0.25) is 0 Å². The molecule has 1 radical (unpaired) electrons. The molecule has 235 valence electrons. The zero-order chi connectivity index (χ0) is 33.5. The normalized spacial score (nSPS) is 12.1. The van der Waals surface area contributed by atoms with E-state index in [0.29, 0.717) is 0 Å². The molecule has 2 nitrogen and oxygen atoms in total. The molecular formula is C48H30BN2. The first kappa shape index (κ1) is 28.3. The zero-order valence-corrected chi connectivity index (χ0v) is 27.8. The van der Waals surface area contributed by atoms with Gasteiger partial charge in [-0.1, -0.05) is 133 Å². The van der Waals surface area contributed by atoms with Crippen LogP contribution in [0.5, 0.6) is 0 Å². The fraction of sp³-hybridized carbons (Fsp3) is 0. The molecule has 0 fully saturated rings.